The summed E-state index contributed by atoms with van der Waals surface area (Å²) in [5, 5.41) is 11.4. The van der Waals surface area contributed by atoms with Gasteiger partial charge in [0.2, 0.25) is 0 Å². The van der Waals surface area contributed by atoms with Crippen molar-refractivity contribution in [1.82, 2.24) is 0 Å². The number of carbonyl (C=O) groups is 1. The molecule has 0 spiro atoms. The molecule has 82 valence electrons. The Hall–Kier alpha value is -1.55. The summed E-state index contributed by atoms with van der Waals surface area (Å²) in [6, 6.07) is 8.77. The molecule has 0 saturated heterocycles. The molecule has 2 aromatic carbocycles. The largest absolute Gasteiger partial charge is 0.507 e. The van der Waals surface area contributed by atoms with E-state index in [4.69, 9.17) is 0 Å². The molecular weight excluding hydrogens is 272 g/mol. The summed E-state index contributed by atoms with van der Waals surface area (Å²) in [4.78, 5) is 11.4. The van der Waals surface area contributed by atoms with Gasteiger partial charge in [0.15, 0.2) is 0 Å². The molecule has 0 unspecified atom stereocenters. The Bertz CT molecular complexity index is 563. The van der Waals surface area contributed by atoms with Crippen LogP contribution in [0.2, 0.25) is 0 Å². The highest BCUT2D eigenvalue weighted by Crippen LogP contribution is 2.27. The maximum Gasteiger partial charge on any atom is 0.341 e. The molecule has 0 atom stereocenters. The molecule has 0 aliphatic carbocycles. The highest BCUT2D eigenvalue weighted by Gasteiger charge is 2.12. The molecule has 2 aromatic rings. The van der Waals surface area contributed by atoms with Gasteiger partial charge in [-0.2, -0.15) is 0 Å². The molecule has 0 radical (unpaired) electrons. The third kappa shape index (κ3) is 1.88. The number of hydrogen-bond donors (Lipinski definition) is 1. The molecule has 0 aliphatic rings. The van der Waals surface area contributed by atoms with Gasteiger partial charge in [0.05, 0.1) is 7.11 Å². The van der Waals surface area contributed by atoms with Crippen LogP contribution in [0.5, 0.6) is 5.75 Å². The molecule has 4 heteroatoms. The van der Waals surface area contributed by atoms with E-state index in [1.54, 1.807) is 12.1 Å². The Labute approximate surface area is 101 Å². The van der Waals surface area contributed by atoms with Crippen LogP contribution in [0.4, 0.5) is 0 Å². The minimum absolute atomic E-state index is 0.0679. The second-order valence-corrected chi connectivity index (χ2v) is 4.27. The summed E-state index contributed by atoms with van der Waals surface area (Å²) in [5.74, 6) is -0.610. The van der Waals surface area contributed by atoms with Crippen molar-refractivity contribution in [2.45, 2.75) is 0 Å². The molecule has 0 amide bonds. The number of esters is 1. The van der Waals surface area contributed by atoms with E-state index >= 15 is 0 Å². The highest BCUT2D eigenvalue weighted by molar-refractivity contribution is 9.10. The maximum atomic E-state index is 11.4. The standard InChI is InChI=1S/C12H9BrO3/c1-16-12(15)10-5-8-4-9(13)3-2-7(8)6-11(10)14/h2-6,14H,1H3. The first-order chi connectivity index (χ1) is 7.61. The van der Waals surface area contributed by atoms with Crippen molar-refractivity contribution in [3.05, 3.63) is 40.4 Å². The van der Waals surface area contributed by atoms with Gasteiger partial charge in [-0.1, -0.05) is 22.0 Å². The Kier molecular flexibility index (Phi) is 2.83. The monoisotopic (exact) mass is 280 g/mol. The average Bonchev–Trinajstić information content (AvgIpc) is 2.28. The maximum absolute atomic E-state index is 11.4. The number of carbonyl (C=O) groups excluding carboxylic acids is 1. The molecule has 1 N–H and O–H groups in total. The van der Waals surface area contributed by atoms with Crippen molar-refractivity contribution in [2.75, 3.05) is 7.11 Å². The fraction of sp³-hybridized carbons (Fsp3) is 0.0833. The van der Waals surface area contributed by atoms with Gasteiger partial charge in [-0.3, -0.25) is 0 Å². The molecule has 0 heterocycles. The third-order valence-corrected chi connectivity index (χ3v) is 2.82. The van der Waals surface area contributed by atoms with Crippen molar-refractivity contribution in [1.29, 1.82) is 0 Å². The minimum Gasteiger partial charge on any atom is -0.507 e. The molecule has 2 rings (SSSR count). The zero-order chi connectivity index (χ0) is 11.7. The molecule has 0 saturated carbocycles. The summed E-state index contributed by atoms with van der Waals surface area (Å²) in [5.41, 5.74) is 0.174. The van der Waals surface area contributed by atoms with Gasteiger partial charge in [-0.05, 0) is 35.0 Å². The average molecular weight is 281 g/mol. The van der Waals surface area contributed by atoms with Crippen LogP contribution < -0.4 is 0 Å². The van der Waals surface area contributed by atoms with Crippen molar-refractivity contribution in [3.63, 3.8) is 0 Å². The van der Waals surface area contributed by atoms with Gasteiger partial charge in [0.1, 0.15) is 11.3 Å². The van der Waals surface area contributed by atoms with Gasteiger partial charge < -0.3 is 9.84 Å². The van der Waals surface area contributed by atoms with Gasteiger partial charge in [-0.25, -0.2) is 4.79 Å². The van der Waals surface area contributed by atoms with E-state index in [1.807, 2.05) is 18.2 Å². The lowest BCUT2D eigenvalue weighted by molar-refractivity contribution is 0.0597. The highest BCUT2D eigenvalue weighted by atomic mass is 79.9. The number of hydrogen-bond acceptors (Lipinski definition) is 3. The smallest absolute Gasteiger partial charge is 0.341 e. The molecular formula is C12H9BrO3. The molecule has 3 nitrogen and oxygen atoms in total. The quantitative estimate of drug-likeness (QED) is 0.817. The lowest BCUT2D eigenvalue weighted by atomic mass is 10.1. The number of ether oxygens (including phenoxy) is 1. The number of aromatic hydroxyl groups is 1. The van der Waals surface area contributed by atoms with Crippen molar-refractivity contribution < 1.29 is 14.6 Å². The molecule has 0 bridgehead atoms. The van der Waals surface area contributed by atoms with Crippen molar-refractivity contribution in [3.8, 4) is 5.75 Å². The summed E-state index contributed by atoms with van der Waals surface area (Å²) < 4.78 is 5.50. The molecule has 0 aromatic heterocycles. The fourth-order valence-corrected chi connectivity index (χ4v) is 1.91. The van der Waals surface area contributed by atoms with E-state index in [1.165, 1.54) is 7.11 Å². The van der Waals surface area contributed by atoms with Crippen LogP contribution in [0.25, 0.3) is 10.8 Å². The Morgan fingerprint density at radius 1 is 1.25 bits per heavy atom. The second-order valence-electron chi connectivity index (χ2n) is 3.35. The van der Waals surface area contributed by atoms with Crippen LogP contribution in [0, 0.1) is 0 Å². The summed E-state index contributed by atoms with van der Waals surface area (Å²) >= 11 is 3.35. The number of rotatable bonds is 1. The van der Waals surface area contributed by atoms with E-state index in [2.05, 4.69) is 20.7 Å². The van der Waals surface area contributed by atoms with E-state index in [0.29, 0.717) is 0 Å². The van der Waals surface area contributed by atoms with Crippen LogP contribution in [0.1, 0.15) is 10.4 Å². The number of benzene rings is 2. The molecule has 0 fully saturated rings. The van der Waals surface area contributed by atoms with Crippen LogP contribution >= 0.6 is 15.9 Å². The third-order valence-electron chi connectivity index (χ3n) is 2.32. The minimum atomic E-state index is -0.542. The van der Waals surface area contributed by atoms with Crippen LogP contribution in [-0.2, 0) is 4.74 Å². The Balaban J connectivity index is 2.68. The summed E-state index contributed by atoms with van der Waals surface area (Å²) in [7, 11) is 1.28. The Morgan fingerprint density at radius 3 is 2.69 bits per heavy atom. The van der Waals surface area contributed by atoms with Gasteiger partial charge in [0, 0.05) is 4.47 Å². The number of halogens is 1. The summed E-state index contributed by atoms with van der Waals surface area (Å²) in [6.07, 6.45) is 0. The summed E-state index contributed by atoms with van der Waals surface area (Å²) in [6.45, 7) is 0. The Morgan fingerprint density at radius 2 is 2.00 bits per heavy atom. The van der Waals surface area contributed by atoms with Gasteiger partial charge >= 0.3 is 5.97 Å². The first kappa shape index (κ1) is 11.0. The van der Waals surface area contributed by atoms with Crippen molar-refractivity contribution >= 4 is 32.7 Å². The van der Waals surface area contributed by atoms with Crippen molar-refractivity contribution in [2.24, 2.45) is 0 Å². The number of phenols is 1. The van der Waals surface area contributed by atoms with E-state index in [0.717, 1.165) is 15.2 Å². The van der Waals surface area contributed by atoms with Crippen LogP contribution in [0.15, 0.2) is 34.8 Å². The first-order valence-electron chi connectivity index (χ1n) is 4.62. The normalized spacial score (nSPS) is 10.4. The van der Waals surface area contributed by atoms with E-state index in [9.17, 15) is 9.90 Å². The first-order valence-corrected chi connectivity index (χ1v) is 5.41. The number of phenolic OH excluding ortho intramolecular Hbond substituents is 1. The lowest BCUT2D eigenvalue weighted by Crippen LogP contribution is -2.01. The van der Waals surface area contributed by atoms with E-state index in [-0.39, 0.29) is 11.3 Å². The second kappa shape index (κ2) is 4.14. The zero-order valence-corrected chi connectivity index (χ0v) is 10.1. The SMILES string of the molecule is COC(=O)c1cc2cc(Br)ccc2cc1O. The lowest BCUT2D eigenvalue weighted by Gasteiger charge is -2.05. The predicted octanol–water partition coefficient (Wildman–Crippen LogP) is 3.09. The predicted molar refractivity (Wildman–Crippen MR) is 64.7 cm³/mol. The topological polar surface area (TPSA) is 46.5 Å². The fourth-order valence-electron chi connectivity index (χ4n) is 1.53. The number of fused-ring (bicyclic) bond motifs is 1. The molecule has 0 aliphatic heterocycles. The zero-order valence-electron chi connectivity index (χ0n) is 8.53. The van der Waals surface area contributed by atoms with Crippen LogP contribution in [0.3, 0.4) is 0 Å². The van der Waals surface area contributed by atoms with E-state index < -0.39 is 5.97 Å². The van der Waals surface area contributed by atoms with Crippen LogP contribution in [-0.4, -0.2) is 18.2 Å². The van der Waals surface area contributed by atoms with Gasteiger partial charge in [0.25, 0.3) is 0 Å². The van der Waals surface area contributed by atoms with Gasteiger partial charge in [-0.15, -0.1) is 0 Å². The molecule has 16 heavy (non-hydrogen) atoms. The number of methoxy groups -OCH3 is 1.